The van der Waals surface area contributed by atoms with E-state index in [2.05, 4.69) is 11.1 Å². The molecule has 5 nitrogen and oxygen atoms in total. The summed E-state index contributed by atoms with van der Waals surface area (Å²) in [4.78, 5) is 33.4. The number of pyridine rings is 1. The minimum Gasteiger partial charge on any atom is -0.337 e. The smallest absolute Gasteiger partial charge is 0.272 e. The van der Waals surface area contributed by atoms with Crippen LogP contribution in [0.4, 0.5) is 5.69 Å². The first-order chi connectivity index (χ1) is 12.2. The van der Waals surface area contributed by atoms with Crippen LogP contribution in [0, 0.1) is 0 Å². The first-order valence-electron chi connectivity index (χ1n) is 8.89. The second kappa shape index (κ2) is 6.67. The number of likely N-dealkylation sites (tertiary alicyclic amines) is 1. The Kier molecular flexibility index (Phi) is 4.22. The molecule has 0 atom stereocenters. The lowest BCUT2D eigenvalue weighted by Crippen LogP contribution is -2.36. The normalized spacial score (nSPS) is 16.6. The third-order valence-electron chi connectivity index (χ3n) is 5.00. The number of hydrogen-bond donors (Lipinski definition) is 0. The highest BCUT2D eigenvalue weighted by atomic mass is 16.2. The van der Waals surface area contributed by atoms with Crippen molar-refractivity contribution < 1.29 is 9.59 Å². The molecule has 1 saturated heterocycles. The van der Waals surface area contributed by atoms with Gasteiger partial charge < -0.3 is 9.80 Å². The largest absolute Gasteiger partial charge is 0.337 e. The molecule has 2 amide bonds. The van der Waals surface area contributed by atoms with Crippen molar-refractivity contribution in [1.82, 2.24) is 9.88 Å². The molecule has 128 valence electrons. The van der Waals surface area contributed by atoms with Crippen molar-refractivity contribution in [2.75, 3.05) is 24.5 Å². The van der Waals surface area contributed by atoms with Gasteiger partial charge in [0.25, 0.3) is 11.8 Å². The van der Waals surface area contributed by atoms with Crippen molar-refractivity contribution in [3.05, 3.63) is 59.4 Å². The van der Waals surface area contributed by atoms with E-state index < -0.39 is 0 Å². The highest BCUT2D eigenvalue weighted by molar-refractivity contribution is 6.08. The summed E-state index contributed by atoms with van der Waals surface area (Å²) in [6.45, 7) is 2.23. The lowest BCUT2D eigenvalue weighted by atomic mass is 10.1. The van der Waals surface area contributed by atoms with Crippen LogP contribution in [0.5, 0.6) is 0 Å². The van der Waals surface area contributed by atoms with Crippen LogP contribution in [-0.4, -0.2) is 41.3 Å². The molecule has 25 heavy (non-hydrogen) atoms. The number of anilines is 1. The molecule has 1 aromatic carbocycles. The third kappa shape index (κ3) is 3.02. The van der Waals surface area contributed by atoms with Gasteiger partial charge in [0.1, 0.15) is 5.69 Å². The topological polar surface area (TPSA) is 53.5 Å². The van der Waals surface area contributed by atoms with Gasteiger partial charge in [0.15, 0.2) is 0 Å². The molecule has 0 spiro atoms. The summed E-state index contributed by atoms with van der Waals surface area (Å²) < 4.78 is 0. The molecule has 0 bridgehead atoms. The van der Waals surface area contributed by atoms with E-state index in [0.717, 1.165) is 38.0 Å². The van der Waals surface area contributed by atoms with Crippen molar-refractivity contribution in [3.63, 3.8) is 0 Å². The van der Waals surface area contributed by atoms with E-state index in [1.807, 2.05) is 23.1 Å². The fourth-order valence-corrected chi connectivity index (χ4v) is 3.64. The van der Waals surface area contributed by atoms with Gasteiger partial charge in [-0.15, -0.1) is 0 Å². The molecule has 0 N–H and O–H groups in total. The van der Waals surface area contributed by atoms with Gasteiger partial charge in [-0.2, -0.15) is 0 Å². The average Bonchev–Trinajstić information content (AvgIpc) is 3.12. The Bertz CT molecular complexity index is 812. The van der Waals surface area contributed by atoms with Gasteiger partial charge in [0.2, 0.25) is 0 Å². The van der Waals surface area contributed by atoms with Crippen LogP contribution in [0.25, 0.3) is 0 Å². The molecule has 2 aliphatic heterocycles. The number of benzene rings is 1. The van der Waals surface area contributed by atoms with Gasteiger partial charge in [-0.05, 0) is 49.4 Å². The summed E-state index contributed by atoms with van der Waals surface area (Å²) in [5, 5.41) is 0. The molecule has 0 radical (unpaired) electrons. The molecule has 1 aromatic heterocycles. The van der Waals surface area contributed by atoms with Gasteiger partial charge in [0.05, 0.1) is 0 Å². The van der Waals surface area contributed by atoms with Crippen LogP contribution < -0.4 is 4.90 Å². The Hall–Kier alpha value is -2.69. The van der Waals surface area contributed by atoms with E-state index in [1.165, 1.54) is 12.0 Å². The fraction of sp³-hybridized carbons (Fsp3) is 0.350. The number of nitrogens with zero attached hydrogens (tertiary/aromatic N) is 3. The van der Waals surface area contributed by atoms with Crippen LogP contribution in [-0.2, 0) is 6.42 Å². The SMILES string of the molecule is O=C(c1cc(C(=O)N2CCc3ccccc32)ccn1)N1CCCCC1. The summed E-state index contributed by atoms with van der Waals surface area (Å²) in [7, 11) is 0. The molecular weight excluding hydrogens is 314 g/mol. The zero-order valence-corrected chi connectivity index (χ0v) is 14.1. The molecule has 5 heteroatoms. The predicted octanol–water partition coefficient (Wildman–Crippen LogP) is 2.91. The molecule has 0 aliphatic carbocycles. The maximum Gasteiger partial charge on any atom is 0.272 e. The van der Waals surface area contributed by atoms with Gasteiger partial charge in [-0.3, -0.25) is 14.6 Å². The highest BCUT2D eigenvalue weighted by Crippen LogP contribution is 2.28. The highest BCUT2D eigenvalue weighted by Gasteiger charge is 2.26. The quantitative estimate of drug-likeness (QED) is 0.848. The molecule has 4 rings (SSSR count). The Labute approximate surface area is 147 Å². The number of carbonyl (C=O) groups is 2. The van der Waals surface area contributed by atoms with Crippen LogP contribution >= 0.6 is 0 Å². The van der Waals surface area contributed by atoms with Crippen molar-refractivity contribution in [2.45, 2.75) is 25.7 Å². The molecule has 2 aliphatic rings. The van der Waals surface area contributed by atoms with Crippen molar-refractivity contribution in [3.8, 4) is 0 Å². The standard InChI is InChI=1S/C20H21N3O2/c24-19(23-13-9-15-6-2-3-7-18(15)23)16-8-10-21-17(14-16)20(25)22-11-4-1-5-12-22/h2-3,6-8,10,14H,1,4-5,9,11-13H2. The van der Waals surface area contributed by atoms with E-state index in [4.69, 9.17) is 0 Å². The van der Waals surface area contributed by atoms with Crippen molar-refractivity contribution >= 4 is 17.5 Å². The lowest BCUT2D eigenvalue weighted by Gasteiger charge is -2.26. The average molecular weight is 335 g/mol. The summed E-state index contributed by atoms with van der Waals surface area (Å²) in [5.74, 6) is -0.142. The van der Waals surface area contributed by atoms with Crippen LogP contribution in [0.2, 0.25) is 0 Å². The maximum atomic E-state index is 12.9. The Balaban J connectivity index is 1.57. The van der Waals surface area contributed by atoms with E-state index in [9.17, 15) is 9.59 Å². The fourth-order valence-electron chi connectivity index (χ4n) is 3.64. The van der Waals surface area contributed by atoms with Crippen molar-refractivity contribution in [1.29, 1.82) is 0 Å². The minimum atomic E-state index is -0.0730. The Morgan fingerprint density at radius 1 is 0.920 bits per heavy atom. The second-order valence-corrected chi connectivity index (χ2v) is 6.62. The predicted molar refractivity (Wildman–Crippen MR) is 95.8 cm³/mol. The monoisotopic (exact) mass is 335 g/mol. The van der Waals surface area contributed by atoms with E-state index in [-0.39, 0.29) is 11.8 Å². The first kappa shape index (κ1) is 15.8. The lowest BCUT2D eigenvalue weighted by molar-refractivity contribution is 0.0718. The minimum absolute atomic E-state index is 0.0694. The number of hydrogen-bond acceptors (Lipinski definition) is 3. The third-order valence-corrected chi connectivity index (χ3v) is 5.00. The number of rotatable bonds is 2. The van der Waals surface area contributed by atoms with Crippen LogP contribution in [0.1, 0.15) is 45.7 Å². The molecule has 1 fully saturated rings. The molecular formula is C20H21N3O2. The van der Waals surface area contributed by atoms with E-state index >= 15 is 0 Å². The van der Waals surface area contributed by atoms with Crippen LogP contribution in [0.3, 0.4) is 0 Å². The van der Waals surface area contributed by atoms with Gasteiger partial charge in [-0.1, -0.05) is 18.2 Å². The van der Waals surface area contributed by atoms with E-state index in [1.54, 1.807) is 23.2 Å². The number of aromatic nitrogens is 1. The molecule has 0 saturated carbocycles. The van der Waals surface area contributed by atoms with Gasteiger partial charge >= 0.3 is 0 Å². The van der Waals surface area contributed by atoms with Gasteiger partial charge in [0, 0.05) is 37.1 Å². The number of piperidine rings is 1. The second-order valence-electron chi connectivity index (χ2n) is 6.62. The zero-order valence-electron chi connectivity index (χ0n) is 14.1. The number of amides is 2. The Morgan fingerprint density at radius 3 is 2.56 bits per heavy atom. The summed E-state index contributed by atoms with van der Waals surface area (Å²) in [6.07, 6.45) is 5.67. The van der Waals surface area contributed by atoms with Gasteiger partial charge in [-0.25, -0.2) is 0 Å². The number of carbonyl (C=O) groups excluding carboxylic acids is 2. The van der Waals surface area contributed by atoms with Crippen molar-refractivity contribution in [2.24, 2.45) is 0 Å². The van der Waals surface area contributed by atoms with E-state index in [0.29, 0.717) is 17.8 Å². The number of fused-ring (bicyclic) bond motifs is 1. The maximum absolute atomic E-state index is 12.9. The van der Waals surface area contributed by atoms with Crippen LogP contribution in [0.15, 0.2) is 42.6 Å². The summed E-state index contributed by atoms with van der Waals surface area (Å²) in [5.41, 5.74) is 3.04. The number of para-hydroxylation sites is 1. The zero-order chi connectivity index (χ0) is 17.2. The first-order valence-corrected chi connectivity index (χ1v) is 8.89. The summed E-state index contributed by atoms with van der Waals surface area (Å²) in [6, 6.07) is 11.3. The summed E-state index contributed by atoms with van der Waals surface area (Å²) >= 11 is 0. The molecule has 3 heterocycles. The molecule has 0 unspecified atom stereocenters. The Morgan fingerprint density at radius 2 is 1.72 bits per heavy atom. The molecule has 2 aromatic rings.